The van der Waals surface area contributed by atoms with Crippen LogP contribution in [0.1, 0.15) is 11.1 Å². The third-order valence-electron chi connectivity index (χ3n) is 2.65. The molecule has 0 aliphatic carbocycles. The monoisotopic (exact) mass is 228 g/mol. The van der Waals surface area contributed by atoms with Crippen molar-refractivity contribution in [2.45, 2.75) is 13.3 Å². The molecule has 2 aromatic rings. The van der Waals surface area contributed by atoms with Gasteiger partial charge in [-0.2, -0.15) is 0 Å². The van der Waals surface area contributed by atoms with E-state index >= 15 is 0 Å². The number of pyridine rings is 1. The van der Waals surface area contributed by atoms with Crippen LogP contribution in [0.2, 0.25) is 0 Å². The first-order chi connectivity index (χ1) is 8.25. The normalized spacial score (nSPS) is 10.2. The van der Waals surface area contributed by atoms with E-state index in [2.05, 4.69) is 10.3 Å². The van der Waals surface area contributed by atoms with Gasteiger partial charge in [0.05, 0.1) is 0 Å². The number of aromatic nitrogens is 1. The standard InChI is InChI=1S/C14H16N2O/c1-11-3-2-9-15-14(11)16-10-8-12-4-6-13(17)7-5-12/h2-7,9,17H,8,10H2,1H3,(H,15,16). The second-order valence-corrected chi connectivity index (χ2v) is 4.01. The Morgan fingerprint density at radius 1 is 1.18 bits per heavy atom. The Hall–Kier alpha value is -2.03. The number of aryl methyl sites for hydroxylation is 1. The zero-order valence-electron chi connectivity index (χ0n) is 9.85. The van der Waals surface area contributed by atoms with E-state index in [1.807, 2.05) is 31.2 Å². The van der Waals surface area contributed by atoms with E-state index in [1.165, 1.54) is 5.56 Å². The number of nitrogens with one attached hydrogen (secondary N) is 1. The van der Waals surface area contributed by atoms with E-state index < -0.39 is 0 Å². The van der Waals surface area contributed by atoms with Crippen LogP contribution >= 0.6 is 0 Å². The van der Waals surface area contributed by atoms with Crippen molar-refractivity contribution in [2.75, 3.05) is 11.9 Å². The third kappa shape index (κ3) is 3.21. The Bertz CT molecular complexity index is 480. The maximum Gasteiger partial charge on any atom is 0.128 e. The van der Waals surface area contributed by atoms with Gasteiger partial charge in [-0.25, -0.2) is 4.98 Å². The van der Waals surface area contributed by atoms with Gasteiger partial charge in [-0.15, -0.1) is 0 Å². The van der Waals surface area contributed by atoms with Gasteiger partial charge in [0.15, 0.2) is 0 Å². The van der Waals surface area contributed by atoms with Gasteiger partial charge in [-0.1, -0.05) is 18.2 Å². The molecule has 0 amide bonds. The number of phenols is 1. The van der Waals surface area contributed by atoms with Crippen molar-refractivity contribution in [2.24, 2.45) is 0 Å². The molecule has 2 rings (SSSR count). The smallest absolute Gasteiger partial charge is 0.128 e. The van der Waals surface area contributed by atoms with Gasteiger partial charge in [0.2, 0.25) is 0 Å². The summed E-state index contributed by atoms with van der Waals surface area (Å²) in [5.74, 6) is 1.24. The summed E-state index contributed by atoms with van der Waals surface area (Å²) in [6.07, 6.45) is 2.70. The lowest BCUT2D eigenvalue weighted by Gasteiger charge is -2.07. The van der Waals surface area contributed by atoms with Gasteiger partial charge in [0.25, 0.3) is 0 Å². The molecule has 1 aromatic heterocycles. The Kier molecular flexibility index (Phi) is 3.60. The van der Waals surface area contributed by atoms with Crippen molar-refractivity contribution in [1.29, 1.82) is 0 Å². The predicted molar refractivity (Wildman–Crippen MR) is 69.3 cm³/mol. The second-order valence-electron chi connectivity index (χ2n) is 4.01. The summed E-state index contributed by atoms with van der Waals surface area (Å²) in [7, 11) is 0. The molecule has 0 bridgehead atoms. The fourth-order valence-corrected chi connectivity index (χ4v) is 1.66. The van der Waals surface area contributed by atoms with Crippen molar-refractivity contribution in [1.82, 2.24) is 4.98 Å². The number of hydrogen-bond acceptors (Lipinski definition) is 3. The molecule has 17 heavy (non-hydrogen) atoms. The highest BCUT2D eigenvalue weighted by atomic mass is 16.3. The summed E-state index contributed by atoms with van der Waals surface area (Å²) >= 11 is 0. The second kappa shape index (κ2) is 5.34. The summed E-state index contributed by atoms with van der Waals surface area (Å²) in [5, 5.41) is 12.5. The lowest BCUT2D eigenvalue weighted by atomic mass is 10.1. The van der Waals surface area contributed by atoms with Gasteiger partial charge in [0.1, 0.15) is 11.6 Å². The molecule has 0 atom stereocenters. The maximum atomic E-state index is 9.17. The van der Waals surface area contributed by atoms with E-state index in [0.717, 1.165) is 24.3 Å². The summed E-state index contributed by atoms with van der Waals surface area (Å²) in [5.41, 5.74) is 2.35. The Labute approximate surface area is 101 Å². The van der Waals surface area contributed by atoms with Crippen LogP contribution in [-0.2, 0) is 6.42 Å². The number of aromatic hydroxyl groups is 1. The average molecular weight is 228 g/mol. The largest absolute Gasteiger partial charge is 0.508 e. The fourth-order valence-electron chi connectivity index (χ4n) is 1.66. The molecule has 2 N–H and O–H groups in total. The van der Waals surface area contributed by atoms with Gasteiger partial charge < -0.3 is 10.4 Å². The first-order valence-corrected chi connectivity index (χ1v) is 5.69. The Morgan fingerprint density at radius 3 is 2.65 bits per heavy atom. The molecular weight excluding hydrogens is 212 g/mol. The third-order valence-corrected chi connectivity index (χ3v) is 2.65. The number of nitrogens with zero attached hydrogens (tertiary/aromatic N) is 1. The molecule has 0 radical (unpaired) electrons. The fraction of sp³-hybridized carbons (Fsp3) is 0.214. The van der Waals surface area contributed by atoms with E-state index in [1.54, 1.807) is 18.3 Å². The summed E-state index contributed by atoms with van der Waals surface area (Å²) in [6, 6.07) is 11.3. The molecule has 0 aliphatic rings. The van der Waals surface area contributed by atoms with Crippen LogP contribution in [0.3, 0.4) is 0 Å². The number of phenolic OH excluding ortho intramolecular Hbond substituents is 1. The maximum absolute atomic E-state index is 9.17. The molecular formula is C14H16N2O. The van der Waals surface area contributed by atoms with Crippen LogP contribution in [0, 0.1) is 6.92 Å². The highest BCUT2D eigenvalue weighted by molar-refractivity contribution is 5.42. The molecule has 3 nitrogen and oxygen atoms in total. The molecule has 0 unspecified atom stereocenters. The molecule has 88 valence electrons. The van der Waals surface area contributed by atoms with Gasteiger partial charge in [-0.05, 0) is 42.7 Å². The predicted octanol–water partition coefficient (Wildman–Crippen LogP) is 2.75. The van der Waals surface area contributed by atoms with E-state index in [9.17, 15) is 5.11 Å². The van der Waals surface area contributed by atoms with Crippen LogP contribution in [0.4, 0.5) is 5.82 Å². The first kappa shape index (κ1) is 11.5. The Morgan fingerprint density at radius 2 is 1.94 bits per heavy atom. The van der Waals surface area contributed by atoms with Crippen molar-refractivity contribution in [3.8, 4) is 5.75 Å². The van der Waals surface area contributed by atoms with E-state index in [4.69, 9.17) is 0 Å². The molecule has 0 spiro atoms. The average Bonchev–Trinajstić information content (AvgIpc) is 2.34. The number of hydrogen-bond donors (Lipinski definition) is 2. The Balaban J connectivity index is 1.88. The minimum Gasteiger partial charge on any atom is -0.508 e. The van der Waals surface area contributed by atoms with Crippen LogP contribution in [0.5, 0.6) is 5.75 Å². The van der Waals surface area contributed by atoms with Crippen LogP contribution < -0.4 is 5.32 Å². The van der Waals surface area contributed by atoms with Crippen molar-refractivity contribution < 1.29 is 5.11 Å². The van der Waals surface area contributed by atoms with Gasteiger partial charge in [0, 0.05) is 12.7 Å². The highest BCUT2D eigenvalue weighted by Crippen LogP contribution is 2.11. The molecule has 1 aromatic carbocycles. The molecule has 0 fully saturated rings. The van der Waals surface area contributed by atoms with E-state index in [-0.39, 0.29) is 0 Å². The van der Waals surface area contributed by atoms with Crippen LogP contribution in [0.25, 0.3) is 0 Å². The lowest BCUT2D eigenvalue weighted by Crippen LogP contribution is -2.07. The van der Waals surface area contributed by atoms with Crippen molar-refractivity contribution >= 4 is 5.82 Å². The zero-order chi connectivity index (χ0) is 12.1. The van der Waals surface area contributed by atoms with Crippen molar-refractivity contribution in [3.05, 3.63) is 53.7 Å². The van der Waals surface area contributed by atoms with Crippen LogP contribution in [-0.4, -0.2) is 16.6 Å². The minimum absolute atomic E-state index is 0.308. The molecule has 0 aliphatic heterocycles. The molecule has 0 saturated heterocycles. The molecule has 1 heterocycles. The quantitative estimate of drug-likeness (QED) is 0.845. The summed E-state index contributed by atoms with van der Waals surface area (Å²) in [4.78, 5) is 4.27. The summed E-state index contributed by atoms with van der Waals surface area (Å²) in [6.45, 7) is 2.87. The van der Waals surface area contributed by atoms with Gasteiger partial charge >= 0.3 is 0 Å². The lowest BCUT2D eigenvalue weighted by molar-refractivity contribution is 0.475. The van der Waals surface area contributed by atoms with Crippen molar-refractivity contribution in [3.63, 3.8) is 0 Å². The number of anilines is 1. The number of benzene rings is 1. The SMILES string of the molecule is Cc1cccnc1NCCc1ccc(O)cc1. The summed E-state index contributed by atoms with van der Waals surface area (Å²) < 4.78 is 0. The first-order valence-electron chi connectivity index (χ1n) is 5.69. The number of rotatable bonds is 4. The van der Waals surface area contributed by atoms with Crippen LogP contribution in [0.15, 0.2) is 42.6 Å². The van der Waals surface area contributed by atoms with Gasteiger partial charge in [-0.3, -0.25) is 0 Å². The molecule has 3 heteroatoms. The topological polar surface area (TPSA) is 45.2 Å². The molecule has 0 saturated carbocycles. The minimum atomic E-state index is 0.308. The highest BCUT2D eigenvalue weighted by Gasteiger charge is 1.98. The van der Waals surface area contributed by atoms with E-state index in [0.29, 0.717) is 5.75 Å². The zero-order valence-corrected chi connectivity index (χ0v) is 9.85.